The molecule has 0 fully saturated rings. The minimum atomic E-state index is -2.91. The van der Waals surface area contributed by atoms with E-state index >= 15 is 0 Å². The number of hydrogen-bond donors (Lipinski definition) is 2. The third-order valence-electron chi connectivity index (χ3n) is 2.26. The molecule has 8 heteroatoms. The number of carbonyl (C=O) groups is 2. The Bertz CT molecular complexity index is 426. The number of nitrogens with zero attached hydrogens (tertiary/aromatic N) is 1. The molecular weight excluding hydrogens is 278 g/mol. The Morgan fingerprint density at radius 1 is 1.53 bits per heavy atom. The van der Waals surface area contributed by atoms with Crippen molar-refractivity contribution in [3.05, 3.63) is 22.4 Å². The van der Waals surface area contributed by atoms with E-state index in [4.69, 9.17) is 5.11 Å². The lowest BCUT2D eigenvalue weighted by Gasteiger charge is -2.17. The molecule has 106 valence electrons. The van der Waals surface area contributed by atoms with Crippen LogP contribution in [0, 0.1) is 0 Å². The predicted octanol–water partition coefficient (Wildman–Crippen LogP) is 0.562. The normalized spacial score (nSPS) is 12.3. The molecule has 0 bridgehead atoms. The van der Waals surface area contributed by atoms with Crippen LogP contribution in [0.1, 0.15) is 9.67 Å². The van der Waals surface area contributed by atoms with Crippen LogP contribution in [0.25, 0.3) is 0 Å². The van der Waals surface area contributed by atoms with E-state index in [-0.39, 0.29) is 12.5 Å². The summed E-state index contributed by atoms with van der Waals surface area (Å²) >= 11 is 1.25. The molecule has 0 aromatic carbocycles. The van der Waals surface area contributed by atoms with Gasteiger partial charge >= 0.3 is 0 Å². The van der Waals surface area contributed by atoms with Crippen molar-refractivity contribution in [3.8, 4) is 0 Å². The highest BCUT2D eigenvalue weighted by molar-refractivity contribution is 7.12. The molecule has 19 heavy (non-hydrogen) atoms. The summed E-state index contributed by atoms with van der Waals surface area (Å²) in [6.45, 7) is -0.801. The van der Waals surface area contributed by atoms with Crippen LogP contribution in [-0.4, -0.2) is 54.5 Å². The van der Waals surface area contributed by atoms with Crippen molar-refractivity contribution in [3.63, 3.8) is 0 Å². The molecule has 0 aliphatic carbocycles. The fourth-order valence-electron chi connectivity index (χ4n) is 1.24. The van der Waals surface area contributed by atoms with Crippen molar-refractivity contribution in [2.45, 2.75) is 12.5 Å². The monoisotopic (exact) mass is 292 g/mol. The van der Waals surface area contributed by atoms with Crippen LogP contribution in [0.3, 0.4) is 0 Å². The average molecular weight is 292 g/mol. The van der Waals surface area contributed by atoms with Crippen molar-refractivity contribution in [1.29, 1.82) is 0 Å². The molecule has 1 atom stereocenters. The number of halogens is 2. The summed E-state index contributed by atoms with van der Waals surface area (Å²) < 4.78 is 24.0. The number of nitrogens with one attached hydrogen (secondary N) is 1. The second-order valence-corrected chi connectivity index (χ2v) is 4.79. The van der Waals surface area contributed by atoms with E-state index in [1.807, 2.05) is 0 Å². The van der Waals surface area contributed by atoms with Crippen molar-refractivity contribution < 1.29 is 23.5 Å². The Kier molecular flexibility index (Phi) is 5.84. The molecule has 0 radical (unpaired) electrons. The number of amides is 2. The van der Waals surface area contributed by atoms with Crippen LogP contribution in [0.4, 0.5) is 8.78 Å². The number of aliphatic hydroxyl groups excluding tert-OH is 1. The molecule has 1 heterocycles. The smallest absolute Gasteiger partial charge is 0.265 e. The van der Waals surface area contributed by atoms with Gasteiger partial charge in [-0.05, 0) is 11.4 Å². The summed E-state index contributed by atoms with van der Waals surface area (Å²) in [5, 5.41) is 12.7. The van der Waals surface area contributed by atoms with E-state index in [1.165, 1.54) is 23.3 Å². The molecule has 0 saturated heterocycles. The van der Waals surface area contributed by atoms with Gasteiger partial charge < -0.3 is 15.3 Å². The molecule has 0 aliphatic heterocycles. The van der Waals surface area contributed by atoms with Gasteiger partial charge in [0, 0.05) is 13.6 Å². The summed E-state index contributed by atoms with van der Waals surface area (Å²) in [5.74, 6) is -0.924. The Labute approximate surface area is 112 Å². The molecule has 2 amide bonds. The first-order valence-corrected chi connectivity index (χ1v) is 6.31. The summed E-state index contributed by atoms with van der Waals surface area (Å²) in [6, 6.07) is 3.34. The Balaban J connectivity index is 2.38. The molecule has 1 rings (SSSR count). The third kappa shape index (κ3) is 4.92. The van der Waals surface area contributed by atoms with E-state index in [0.717, 1.165) is 0 Å². The van der Waals surface area contributed by atoms with Gasteiger partial charge in [0.05, 0.1) is 11.4 Å². The predicted molar refractivity (Wildman–Crippen MR) is 66.3 cm³/mol. The average Bonchev–Trinajstić information content (AvgIpc) is 2.88. The molecule has 0 spiro atoms. The van der Waals surface area contributed by atoms with Gasteiger partial charge in [0.25, 0.3) is 12.3 Å². The van der Waals surface area contributed by atoms with Gasteiger partial charge in [-0.25, -0.2) is 8.78 Å². The lowest BCUT2D eigenvalue weighted by atomic mass is 10.3. The SMILES string of the molecule is CN(CC(=O)NCC(O)C(F)F)C(=O)c1cccs1. The fourth-order valence-corrected chi connectivity index (χ4v) is 1.96. The second-order valence-electron chi connectivity index (χ2n) is 3.84. The molecule has 0 aliphatic rings. The van der Waals surface area contributed by atoms with Crippen molar-refractivity contribution >= 4 is 23.2 Å². The van der Waals surface area contributed by atoms with Gasteiger partial charge in [-0.15, -0.1) is 11.3 Å². The van der Waals surface area contributed by atoms with Gasteiger partial charge in [-0.1, -0.05) is 6.07 Å². The fraction of sp³-hybridized carbons (Fsp3) is 0.455. The number of carbonyl (C=O) groups excluding carboxylic acids is 2. The molecule has 5 nitrogen and oxygen atoms in total. The molecule has 1 aromatic rings. The van der Waals surface area contributed by atoms with Crippen LogP contribution in [0.5, 0.6) is 0 Å². The van der Waals surface area contributed by atoms with Crippen molar-refractivity contribution in [2.24, 2.45) is 0 Å². The van der Waals surface area contributed by atoms with E-state index in [9.17, 15) is 18.4 Å². The van der Waals surface area contributed by atoms with Crippen molar-refractivity contribution in [1.82, 2.24) is 10.2 Å². The maximum atomic E-state index is 12.0. The minimum absolute atomic E-state index is 0.257. The highest BCUT2D eigenvalue weighted by Crippen LogP contribution is 2.10. The Morgan fingerprint density at radius 2 is 2.21 bits per heavy atom. The maximum absolute atomic E-state index is 12.0. The largest absolute Gasteiger partial charge is 0.385 e. The van der Waals surface area contributed by atoms with Crippen LogP contribution in [-0.2, 0) is 4.79 Å². The lowest BCUT2D eigenvalue weighted by Crippen LogP contribution is -2.42. The van der Waals surface area contributed by atoms with E-state index in [2.05, 4.69) is 5.32 Å². The number of hydrogen-bond acceptors (Lipinski definition) is 4. The minimum Gasteiger partial charge on any atom is -0.385 e. The molecule has 1 aromatic heterocycles. The quantitative estimate of drug-likeness (QED) is 0.805. The van der Waals surface area contributed by atoms with Gasteiger partial charge in [0.2, 0.25) is 5.91 Å². The van der Waals surface area contributed by atoms with Gasteiger partial charge in [-0.3, -0.25) is 9.59 Å². The first kappa shape index (κ1) is 15.5. The van der Waals surface area contributed by atoms with E-state index < -0.39 is 25.0 Å². The van der Waals surface area contributed by atoms with Crippen LogP contribution in [0.2, 0.25) is 0 Å². The summed E-state index contributed by atoms with van der Waals surface area (Å²) in [5.41, 5.74) is 0. The summed E-state index contributed by atoms with van der Waals surface area (Å²) in [6.07, 6.45) is -4.81. The highest BCUT2D eigenvalue weighted by atomic mass is 32.1. The molecular formula is C11H14F2N2O3S. The Morgan fingerprint density at radius 3 is 2.74 bits per heavy atom. The summed E-state index contributed by atoms with van der Waals surface area (Å²) in [4.78, 5) is 24.8. The standard InChI is InChI=1S/C11H14F2N2O3S/c1-15(11(18)8-3-2-4-19-8)6-9(17)14-5-7(16)10(12)13/h2-4,7,10,16H,5-6H2,1H3,(H,14,17). The summed E-state index contributed by atoms with van der Waals surface area (Å²) in [7, 11) is 1.44. The first-order chi connectivity index (χ1) is 8.91. The van der Waals surface area contributed by atoms with Gasteiger partial charge in [0.1, 0.15) is 6.10 Å². The van der Waals surface area contributed by atoms with E-state index in [1.54, 1.807) is 17.5 Å². The lowest BCUT2D eigenvalue weighted by molar-refractivity contribution is -0.122. The van der Waals surface area contributed by atoms with Crippen LogP contribution >= 0.6 is 11.3 Å². The first-order valence-electron chi connectivity index (χ1n) is 5.43. The number of thiophene rings is 1. The second kappa shape index (κ2) is 7.15. The zero-order chi connectivity index (χ0) is 14.4. The number of alkyl halides is 2. The highest BCUT2D eigenvalue weighted by Gasteiger charge is 2.19. The van der Waals surface area contributed by atoms with Gasteiger partial charge in [-0.2, -0.15) is 0 Å². The zero-order valence-electron chi connectivity index (χ0n) is 10.2. The van der Waals surface area contributed by atoms with E-state index in [0.29, 0.717) is 4.88 Å². The van der Waals surface area contributed by atoms with Crippen LogP contribution in [0.15, 0.2) is 17.5 Å². The topological polar surface area (TPSA) is 69.6 Å². The molecule has 2 N–H and O–H groups in total. The Hall–Kier alpha value is -1.54. The molecule has 0 saturated carbocycles. The molecule has 1 unspecified atom stereocenters. The van der Waals surface area contributed by atoms with Crippen molar-refractivity contribution in [2.75, 3.05) is 20.1 Å². The third-order valence-corrected chi connectivity index (χ3v) is 3.12. The maximum Gasteiger partial charge on any atom is 0.265 e. The number of aliphatic hydroxyl groups is 1. The number of likely N-dealkylation sites (N-methyl/N-ethyl adjacent to an activating group) is 1. The van der Waals surface area contributed by atoms with Gasteiger partial charge in [0.15, 0.2) is 0 Å². The number of rotatable bonds is 6. The zero-order valence-corrected chi connectivity index (χ0v) is 11.0. The van der Waals surface area contributed by atoms with Crippen LogP contribution < -0.4 is 5.32 Å².